The summed E-state index contributed by atoms with van der Waals surface area (Å²) < 4.78 is 35.1. The van der Waals surface area contributed by atoms with Gasteiger partial charge >= 0.3 is 5.97 Å². The number of aryl methyl sites for hydroxylation is 1. The standard InChI is InChI=1S/C20H18BrNO5S2/c1-12-4-6-15(29(3,24)25)9-16(12)20(23)27-10-14-11-28-19(22-14)17-8-13(21)5-7-18(17)26-2/h4-9,11H,10H2,1-3H3. The highest BCUT2D eigenvalue weighted by atomic mass is 79.9. The second-order valence-electron chi connectivity index (χ2n) is 6.31. The normalized spacial score (nSPS) is 11.3. The molecule has 0 spiro atoms. The molecule has 3 rings (SSSR count). The van der Waals surface area contributed by atoms with E-state index in [1.54, 1.807) is 20.1 Å². The van der Waals surface area contributed by atoms with E-state index < -0.39 is 15.8 Å². The van der Waals surface area contributed by atoms with Crippen molar-refractivity contribution in [3.05, 3.63) is 63.1 Å². The summed E-state index contributed by atoms with van der Waals surface area (Å²) in [4.78, 5) is 17.1. The monoisotopic (exact) mass is 495 g/mol. The van der Waals surface area contributed by atoms with Gasteiger partial charge in [0.25, 0.3) is 0 Å². The number of esters is 1. The Kier molecular flexibility index (Phi) is 6.40. The third-order valence-corrected chi connectivity index (χ3v) is 6.68. The van der Waals surface area contributed by atoms with Crippen molar-refractivity contribution in [2.75, 3.05) is 13.4 Å². The molecule has 0 atom stereocenters. The molecule has 2 aromatic carbocycles. The van der Waals surface area contributed by atoms with Crippen molar-refractivity contribution in [2.45, 2.75) is 18.4 Å². The summed E-state index contributed by atoms with van der Waals surface area (Å²) in [6.45, 7) is 1.71. The van der Waals surface area contributed by atoms with E-state index >= 15 is 0 Å². The molecule has 0 saturated carbocycles. The largest absolute Gasteiger partial charge is 0.496 e. The molecule has 9 heteroatoms. The minimum Gasteiger partial charge on any atom is -0.496 e. The molecule has 0 unspecified atom stereocenters. The number of hydrogen-bond acceptors (Lipinski definition) is 7. The molecular formula is C20H18BrNO5S2. The van der Waals surface area contributed by atoms with Crippen LogP contribution in [0, 0.1) is 6.92 Å². The Bertz CT molecular complexity index is 1170. The van der Waals surface area contributed by atoms with Crippen molar-refractivity contribution in [2.24, 2.45) is 0 Å². The Balaban J connectivity index is 1.77. The van der Waals surface area contributed by atoms with Crippen LogP contribution in [0.3, 0.4) is 0 Å². The lowest BCUT2D eigenvalue weighted by atomic mass is 10.1. The SMILES string of the molecule is COc1ccc(Br)cc1-c1nc(COC(=O)c2cc(S(C)(=O)=O)ccc2C)cs1. The molecule has 1 heterocycles. The lowest BCUT2D eigenvalue weighted by Crippen LogP contribution is -2.09. The van der Waals surface area contributed by atoms with Crippen LogP contribution in [0.25, 0.3) is 10.6 Å². The highest BCUT2D eigenvalue weighted by molar-refractivity contribution is 9.10. The molecule has 29 heavy (non-hydrogen) atoms. The highest BCUT2D eigenvalue weighted by Gasteiger charge is 2.17. The van der Waals surface area contributed by atoms with Gasteiger partial charge in [-0.15, -0.1) is 11.3 Å². The Morgan fingerprint density at radius 1 is 1.21 bits per heavy atom. The van der Waals surface area contributed by atoms with E-state index in [0.29, 0.717) is 17.0 Å². The summed E-state index contributed by atoms with van der Waals surface area (Å²) in [5.41, 5.74) is 2.29. The van der Waals surface area contributed by atoms with Crippen LogP contribution >= 0.6 is 27.3 Å². The molecular weight excluding hydrogens is 478 g/mol. The van der Waals surface area contributed by atoms with E-state index in [9.17, 15) is 13.2 Å². The minimum atomic E-state index is -3.41. The van der Waals surface area contributed by atoms with Crippen LogP contribution in [-0.2, 0) is 21.2 Å². The number of hydrogen-bond donors (Lipinski definition) is 0. The van der Waals surface area contributed by atoms with E-state index in [4.69, 9.17) is 9.47 Å². The van der Waals surface area contributed by atoms with Gasteiger partial charge in [-0.2, -0.15) is 0 Å². The Morgan fingerprint density at radius 2 is 1.97 bits per heavy atom. The van der Waals surface area contributed by atoms with Crippen LogP contribution in [0.15, 0.2) is 51.1 Å². The molecule has 0 saturated heterocycles. The molecule has 0 N–H and O–H groups in total. The summed E-state index contributed by atoms with van der Waals surface area (Å²) in [5, 5.41) is 2.55. The maximum atomic E-state index is 12.5. The number of halogens is 1. The average molecular weight is 496 g/mol. The topological polar surface area (TPSA) is 82.6 Å². The summed E-state index contributed by atoms with van der Waals surface area (Å²) in [6.07, 6.45) is 1.10. The fourth-order valence-electron chi connectivity index (χ4n) is 2.61. The number of benzene rings is 2. The van der Waals surface area contributed by atoms with Crippen molar-refractivity contribution in [1.29, 1.82) is 0 Å². The molecule has 3 aromatic rings. The third-order valence-electron chi connectivity index (χ3n) is 4.15. The first-order chi connectivity index (χ1) is 13.7. The Morgan fingerprint density at radius 3 is 2.66 bits per heavy atom. The predicted octanol–water partition coefficient (Wildman–Crippen LogP) is 4.65. The van der Waals surface area contributed by atoms with E-state index in [2.05, 4.69) is 20.9 Å². The average Bonchev–Trinajstić information content (AvgIpc) is 3.14. The highest BCUT2D eigenvalue weighted by Crippen LogP contribution is 2.34. The van der Waals surface area contributed by atoms with Crippen LogP contribution in [0.1, 0.15) is 21.6 Å². The van der Waals surface area contributed by atoms with E-state index in [-0.39, 0.29) is 17.1 Å². The first-order valence-corrected chi connectivity index (χ1v) is 12.0. The first kappa shape index (κ1) is 21.5. The van der Waals surface area contributed by atoms with E-state index in [1.165, 1.54) is 23.5 Å². The van der Waals surface area contributed by atoms with E-state index in [0.717, 1.165) is 21.3 Å². The van der Waals surface area contributed by atoms with Crippen molar-refractivity contribution < 1.29 is 22.7 Å². The van der Waals surface area contributed by atoms with Gasteiger partial charge in [0.05, 0.1) is 28.8 Å². The zero-order valence-electron chi connectivity index (χ0n) is 15.9. The predicted molar refractivity (Wildman–Crippen MR) is 115 cm³/mol. The molecule has 1 aromatic heterocycles. The number of rotatable bonds is 6. The van der Waals surface area contributed by atoms with Gasteiger partial charge in [-0.3, -0.25) is 0 Å². The first-order valence-electron chi connectivity index (χ1n) is 8.45. The molecule has 0 aliphatic heterocycles. The lowest BCUT2D eigenvalue weighted by Gasteiger charge is -2.08. The quantitative estimate of drug-likeness (QED) is 0.462. The van der Waals surface area contributed by atoms with Crippen molar-refractivity contribution in [3.8, 4) is 16.3 Å². The maximum Gasteiger partial charge on any atom is 0.338 e. The summed E-state index contributed by atoms with van der Waals surface area (Å²) >= 11 is 4.86. The number of carbonyl (C=O) groups is 1. The van der Waals surface area contributed by atoms with E-state index in [1.807, 2.05) is 23.6 Å². The lowest BCUT2D eigenvalue weighted by molar-refractivity contribution is 0.0467. The molecule has 6 nitrogen and oxygen atoms in total. The van der Waals surface area contributed by atoms with Crippen LogP contribution in [0.4, 0.5) is 0 Å². The zero-order valence-corrected chi connectivity index (χ0v) is 19.2. The van der Waals surface area contributed by atoms with Crippen LogP contribution in [0.5, 0.6) is 5.75 Å². The van der Waals surface area contributed by atoms with Gasteiger partial charge < -0.3 is 9.47 Å². The second-order valence-corrected chi connectivity index (χ2v) is 10.1. The van der Waals surface area contributed by atoms with Gasteiger partial charge in [0, 0.05) is 16.1 Å². The maximum absolute atomic E-state index is 12.5. The third kappa shape index (κ3) is 5.04. The number of methoxy groups -OCH3 is 1. The Labute approximate surface area is 181 Å². The van der Waals surface area contributed by atoms with Crippen LogP contribution < -0.4 is 4.74 Å². The summed E-state index contributed by atoms with van der Waals surface area (Å²) in [5.74, 6) is 0.0990. The molecule has 0 aliphatic rings. The second kappa shape index (κ2) is 8.64. The van der Waals surface area contributed by atoms with Crippen molar-refractivity contribution in [1.82, 2.24) is 4.98 Å². The van der Waals surface area contributed by atoms with Gasteiger partial charge in [0.2, 0.25) is 0 Å². The van der Waals surface area contributed by atoms with Gasteiger partial charge in [0.1, 0.15) is 17.4 Å². The van der Waals surface area contributed by atoms with Gasteiger partial charge in [-0.05, 0) is 42.8 Å². The van der Waals surface area contributed by atoms with Gasteiger partial charge in [-0.1, -0.05) is 22.0 Å². The van der Waals surface area contributed by atoms with Crippen molar-refractivity contribution >= 4 is 43.1 Å². The Hall–Kier alpha value is -2.23. The van der Waals surface area contributed by atoms with Crippen LogP contribution in [-0.4, -0.2) is 32.7 Å². The van der Waals surface area contributed by atoms with Crippen LogP contribution in [0.2, 0.25) is 0 Å². The number of carbonyl (C=O) groups excluding carboxylic acids is 1. The van der Waals surface area contributed by atoms with Gasteiger partial charge in [-0.25, -0.2) is 18.2 Å². The van der Waals surface area contributed by atoms with Gasteiger partial charge in [0.15, 0.2) is 9.84 Å². The molecule has 0 radical (unpaired) electrons. The summed E-state index contributed by atoms with van der Waals surface area (Å²) in [6, 6.07) is 10.0. The number of aromatic nitrogens is 1. The molecule has 0 aliphatic carbocycles. The van der Waals surface area contributed by atoms with Crippen molar-refractivity contribution in [3.63, 3.8) is 0 Å². The molecule has 0 fully saturated rings. The molecule has 0 amide bonds. The molecule has 0 bridgehead atoms. The number of thiazole rings is 1. The summed E-state index contributed by atoms with van der Waals surface area (Å²) in [7, 11) is -1.82. The number of sulfone groups is 1. The number of ether oxygens (including phenoxy) is 2. The molecule has 152 valence electrons. The minimum absolute atomic E-state index is 0.0196. The zero-order chi connectivity index (χ0) is 21.2. The smallest absolute Gasteiger partial charge is 0.338 e. The fraction of sp³-hybridized carbons (Fsp3) is 0.200. The number of nitrogens with zero attached hydrogens (tertiary/aromatic N) is 1. The fourth-order valence-corrected chi connectivity index (χ4v) is 4.45.